The molecule has 0 atom stereocenters. The maximum Gasteiger partial charge on any atom is 0.296 e. The van der Waals surface area contributed by atoms with E-state index < -0.39 is 47.2 Å². The Balaban J connectivity index is 2.48. The van der Waals surface area contributed by atoms with Crippen LogP contribution in [0.1, 0.15) is 15.9 Å². The van der Waals surface area contributed by atoms with E-state index in [1.165, 1.54) is 24.3 Å². The first-order valence-electron chi connectivity index (χ1n) is 7.75. The number of fused-ring (bicyclic) bond motifs is 1. The lowest BCUT2D eigenvalue weighted by Gasteiger charge is -2.14. The lowest BCUT2D eigenvalue weighted by atomic mass is 9.95. The van der Waals surface area contributed by atoms with Gasteiger partial charge in [0.1, 0.15) is 10.6 Å². The van der Waals surface area contributed by atoms with E-state index in [-0.39, 0.29) is 27.6 Å². The van der Waals surface area contributed by atoms with Gasteiger partial charge in [-0.3, -0.25) is 13.9 Å². The average molecular weight is 438 g/mol. The van der Waals surface area contributed by atoms with Crippen LogP contribution in [0, 0.1) is 0 Å². The number of hydrogen-bond donors (Lipinski definition) is 5. The van der Waals surface area contributed by atoms with E-state index in [2.05, 4.69) is 0 Å². The molecule has 0 fully saturated rings. The van der Waals surface area contributed by atoms with Gasteiger partial charge in [0.2, 0.25) is 0 Å². The number of nitrogens with two attached hydrogens (primary N) is 2. The van der Waals surface area contributed by atoms with Crippen molar-refractivity contribution in [3.63, 3.8) is 0 Å². The Morgan fingerprint density at radius 3 is 2.10 bits per heavy atom. The van der Waals surface area contributed by atoms with Crippen LogP contribution < -0.4 is 11.5 Å². The SMILES string of the molecule is Nc1cccc(C(=O)c2cc(S(=O)(=O)O)cc3cc(S(=O)(=O)O)c(N)c(O)c23)c1. The minimum Gasteiger partial charge on any atom is -0.505 e. The summed E-state index contributed by atoms with van der Waals surface area (Å²) in [5, 5.41) is 9.90. The zero-order valence-electron chi connectivity index (χ0n) is 14.4. The lowest BCUT2D eigenvalue weighted by Crippen LogP contribution is -2.09. The van der Waals surface area contributed by atoms with Crippen molar-refractivity contribution in [2.24, 2.45) is 0 Å². The molecule has 152 valence electrons. The highest BCUT2D eigenvalue weighted by Crippen LogP contribution is 2.40. The molecule has 10 nitrogen and oxygen atoms in total. The normalized spacial score (nSPS) is 12.2. The summed E-state index contributed by atoms with van der Waals surface area (Å²) >= 11 is 0. The smallest absolute Gasteiger partial charge is 0.296 e. The van der Waals surface area contributed by atoms with Crippen LogP contribution in [0.5, 0.6) is 5.75 Å². The van der Waals surface area contributed by atoms with Crippen LogP contribution >= 0.6 is 0 Å². The Morgan fingerprint density at radius 1 is 0.897 bits per heavy atom. The molecule has 3 rings (SSSR count). The Morgan fingerprint density at radius 2 is 1.55 bits per heavy atom. The summed E-state index contributed by atoms with van der Waals surface area (Å²) in [4.78, 5) is 11.4. The number of ketones is 1. The number of hydrogen-bond acceptors (Lipinski definition) is 8. The molecular formula is C17H14N2O8S2. The van der Waals surface area contributed by atoms with Gasteiger partial charge in [-0.15, -0.1) is 0 Å². The van der Waals surface area contributed by atoms with Gasteiger partial charge in [0, 0.05) is 22.2 Å². The Labute approximate surface area is 164 Å². The minimum absolute atomic E-state index is 0.0376. The van der Waals surface area contributed by atoms with Gasteiger partial charge in [-0.25, -0.2) is 0 Å². The molecule has 0 unspecified atom stereocenters. The maximum atomic E-state index is 13.0. The number of phenolic OH excluding ortho intramolecular Hbond substituents is 1. The molecule has 0 amide bonds. The fourth-order valence-electron chi connectivity index (χ4n) is 2.86. The molecule has 0 aliphatic heterocycles. The highest BCUT2D eigenvalue weighted by atomic mass is 32.2. The third-order valence-corrected chi connectivity index (χ3v) is 5.88. The second-order valence-electron chi connectivity index (χ2n) is 6.11. The molecule has 12 heteroatoms. The summed E-state index contributed by atoms with van der Waals surface area (Å²) in [6.45, 7) is 0. The monoisotopic (exact) mass is 438 g/mol. The predicted molar refractivity (Wildman–Crippen MR) is 104 cm³/mol. The summed E-state index contributed by atoms with van der Waals surface area (Å²) in [6, 6.07) is 8.10. The molecule has 3 aromatic carbocycles. The molecular weight excluding hydrogens is 424 g/mol. The van der Waals surface area contributed by atoms with Gasteiger partial charge in [-0.1, -0.05) is 12.1 Å². The van der Waals surface area contributed by atoms with Crippen LogP contribution in [0.4, 0.5) is 11.4 Å². The van der Waals surface area contributed by atoms with E-state index >= 15 is 0 Å². The Bertz CT molecular complexity index is 1400. The van der Waals surface area contributed by atoms with Crippen LogP contribution in [0.25, 0.3) is 10.8 Å². The van der Waals surface area contributed by atoms with Crippen molar-refractivity contribution in [2.75, 3.05) is 11.5 Å². The fourth-order valence-corrected chi connectivity index (χ4v) is 4.06. The second kappa shape index (κ2) is 6.70. The first kappa shape index (κ1) is 20.5. The molecule has 0 bridgehead atoms. The van der Waals surface area contributed by atoms with E-state index in [0.29, 0.717) is 0 Å². The third-order valence-electron chi connectivity index (χ3n) is 4.16. The van der Waals surface area contributed by atoms with E-state index in [0.717, 1.165) is 18.2 Å². The summed E-state index contributed by atoms with van der Waals surface area (Å²) in [7, 11) is -9.70. The number of carbonyl (C=O) groups excluding carboxylic acids is 1. The largest absolute Gasteiger partial charge is 0.505 e. The predicted octanol–water partition coefficient (Wildman–Crippen LogP) is 1.43. The Hall–Kier alpha value is -3.19. The van der Waals surface area contributed by atoms with Gasteiger partial charge in [-0.2, -0.15) is 16.8 Å². The van der Waals surface area contributed by atoms with Gasteiger partial charge in [0.25, 0.3) is 20.2 Å². The molecule has 0 aliphatic rings. The zero-order valence-corrected chi connectivity index (χ0v) is 16.0. The van der Waals surface area contributed by atoms with Crippen molar-refractivity contribution in [1.82, 2.24) is 0 Å². The van der Waals surface area contributed by atoms with Crippen molar-refractivity contribution in [3.8, 4) is 5.75 Å². The molecule has 29 heavy (non-hydrogen) atoms. The quantitative estimate of drug-likeness (QED) is 0.172. The first-order valence-corrected chi connectivity index (χ1v) is 10.6. The van der Waals surface area contributed by atoms with Crippen LogP contribution in [0.2, 0.25) is 0 Å². The minimum atomic E-state index is -4.89. The zero-order chi connectivity index (χ0) is 21.7. The highest BCUT2D eigenvalue weighted by molar-refractivity contribution is 7.86. The van der Waals surface area contributed by atoms with Gasteiger partial charge in [0.15, 0.2) is 5.78 Å². The van der Waals surface area contributed by atoms with E-state index in [1.54, 1.807) is 0 Å². The third kappa shape index (κ3) is 3.73. The van der Waals surface area contributed by atoms with Crippen LogP contribution in [0.3, 0.4) is 0 Å². The lowest BCUT2D eigenvalue weighted by molar-refractivity contribution is 0.104. The van der Waals surface area contributed by atoms with E-state index in [9.17, 15) is 35.8 Å². The van der Waals surface area contributed by atoms with Gasteiger partial charge in [-0.05, 0) is 35.7 Å². The average Bonchev–Trinajstić information content (AvgIpc) is 2.61. The van der Waals surface area contributed by atoms with Crippen molar-refractivity contribution in [3.05, 3.63) is 53.6 Å². The maximum absolute atomic E-state index is 13.0. The number of nitrogen functional groups attached to an aromatic ring is 2. The van der Waals surface area contributed by atoms with Crippen LogP contribution in [0.15, 0.2) is 52.3 Å². The van der Waals surface area contributed by atoms with Crippen molar-refractivity contribution >= 4 is 48.2 Å². The summed E-state index contributed by atoms with van der Waals surface area (Å²) in [6.07, 6.45) is 0. The highest BCUT2D eigenvalue weighted by Gasteiger charge is 2.26. The molecule has 3 aromatic rings. The summed E-state index contributed by atoms with van der Waals surface area (Å²) in [5.41, 5.74) is 10.4. The summed E-state index contributed by atoms with van der Waals surface area (Å²) < 4.78 is 65.1. The number of carbonyl (C=O) groups is 1. The first-order chi connectivity index (χ1) is 13.3. The number of rotatable bonds is 4. The van der Waals surface area contributed by atoms with Gasteiger partial charge >= 0.3 is 0 Å². The molecule has 0 heterocycles. The van der Waals surface area contributed by atoms with Crippen molar-refractivity contribution in [1.29, 1.82) is 0 Å². The van der Waals surface area contributed by atoms with E-state index in [1.807, 2.05) is 0 Å². The second-order valence-corrected chi connectivity index (χ2v) is 8.92. The van der Waals surface area contributed by atoms with Crippen molar-refractivity contribution < 1.29 is 35.8 Å². The van der Waals surface area contributed by atoms with Gasteiger partial charge in [0.05, 0.1) is 10.6 Å². The molecule has 0 aliphatic carbocycles. The molecule has 0 saturated heterocycles. The van der Waals surface area contributed by atoms with Crippen LogP contribution in [-0.4, -0.2) is 36.8 Å². The molecule has 0 radical (unpaired) electrons. The van der Waals surface area contributed by atoms with Gasteiger partial charge < -0.3 is 16.6 Å². The number of benzene rings is 3. The number of anilines is 2. The summed E-state index contributed by atoms with van der Waals surface area (Å²) in [5.74, 6) is -1.63. The molecule has 0 saturated carbocycles. The van der Waals surface area contributed by atoms with E-state index in [4.69, 9.17) is 11.5 Å². The molecule has 7 N–H and O–H groups in total. The standard InChI is InChI=1S/C17H14N2O8S2/c18-10-3-1-2-8(4-10)16(20)12-7-11(28(22,23)24)5-9-6-13(29(25,26)27)15(19)17(21)14(9)12/h1-7,21H,18-19H2,(H,22,23,24)(H,25,26,27). The topological polar surface area (TPSA) is 198 Å². The molecule has 0 spiro atoms. The Kier molecular flexibility index (Phi) is 4.75. The number of aromatic hydroxyl groups is 1. The fraction of sp³-hybridized carbons (Fsp3) is 0. The van der Waals surface area contributed by atoms with Crippen molar-refractivity contribution in [2.45, 2.75) is 9.79 Å². The molecule has 0 aromatic heterocycles. The van der Waals surface area contributed by atoms with Crippen LogP contribution in [-0.2, 0) is 20.2 Å². The number of phenols is 1.